The Bertz CT molecular complexity index is 505. The van der Waals surface area contributed by atoms with Crippen LogP contribution in [0.2, 0.25) is 0 Å². The van der Waals surface area contributed by atoms with Crippen molar-refractivity contribution in [2.24, 2.45) is 11.1 Å². The second-order valence-corrected chi connectivity index (χ2v) is 7.24. The molecule has 114 valence electrons. The molecule has 0 radical (unpaired) electrons. The molecule has 2 fully saturated rings. The van der Waals surface area contributed by atoms with Crippen LogP contribution < -0.4 is 5.73 Å². The first-order chi connectivity index (χ1) is 9.99. The number of carbonyl (C=O) groups excluding carboxylic acids is 1. The summed E-state index contributed by atoms with van der Waals surface area (Å²) in [5.41, 5.74) is 8.49. The van der Waals surface area contributed by atoms with E-state index in [1.54, 1.807) is 0 Å². The summed E-state index contributed by atoms with van der Waals surface area (Å²) in [4.78, 5) is 14.6. The average molecular weight is 286 g/mol. The second-order valence-electron chi connectivity index (χ2n) is 7.24. The zero-order chi connectivity index (χ0) is 15.0. The molecule has 1 aliphatic carbocycles. The lowest BCUT2D eigenvalue weighted by atomic mass is 9.61. The van der Waals surface area contributed by atoms with Crippen LogP contribution in [0.4, 0.5) is 0 Å². The van der Waals surface area contributed by atoms with E-state index < -0.39 is 0 Å². The van der Waals surface area contributed by atoms with Crippen LogP contribution >= 0.6 is 0 Å². The summed E-state index contributed by atoms with van der Waals surface area (Å²) in [6.45, 7) is 6.11. The molecule has 3 nitrogen and oxygen atoms in total. The average Bonchev–Trinajstić information content (AvgIpc) is 2.46. The predicted molar refractivity (Wildman–Crippen MR) is 85.3 cm³/mol. The summed E-state index contributed by atoms with van der Waals surface area (Å²) in [7, 11) is 0. The van der Waals surface area contributed by atoms with Crippen LogP contribution in [0.25, 0.3) is 0 Å². The molecule has 1 amide bonds. The minimum Gasteiger partial charge on any atom is -0.339 e. The first-order valence-corrected chi connectivity index (χ1v) is 8.14. The van der Waals surface area contributed by atoms with Crippen LogP contribution in [0.3, 0.4) is 0 Å². The van der Waals surface area contributed by atoms with E-state index in [1.807, 2.05) is 17.0 Å². The molecule has 1 heterocycles. The molecule has 0 atom stereocenters. The van der Waals surface area contributed by atoms with E-state index in [1.165, 1.54) is 5.56 Å². The number of likely N-dealkylation sites (tertiary alicyclic amines) is 1. The van der Waals surface area contributed by atoms with Crippen LogP contribution in [0.5, 0.6) is 0 Å². The van der Waals surface area contributed by atoms with Crippen molar-refractivity contribution in [3.05, 3.63) is 35.4 Å². The van der Waals surface area contributed by atoms with Gasteiger partial charge in [0.2, 0.25) is 0 Å². The molecule has 1 aromatic rings. The fourth-order valence-electron chi connectivity index (χ4n) is 3.84. The molecule has 1 aromatic carbocycles. The van der Waals surface area contributed by atoms with Gasteiger partial charge in [-0.3, -0.25) is 4.79 Å². The van der Waals surface area contributed by atoms with Crippen LogP contribution in [-0.4, -0.2) is 29.9 Å². The molecular weight excluding hydrogens is 260 g/mol. The lowest BCUT2D eigenvalue weighted by Gasteiger charge is -2.51. The molecule has 1 aliphatic heterocycles. The van der Waals surface area contributed by atoms with Gasteiger partial charge in [-0.15, -0.1) is 0 Å². The van der Waals surface area contributed by atoms with E-state index in [0.29, 0.717) is 17.4 Å². The van der Waals surface area contributed by atoms with E-state index in [-0.39, 0.29) is 5.91 Å². The van der Waals surface area contributed by atoms with Crippen LogP contribution in [0.15, 0.2) is 24.3 Å². The van der Waals surface area contributed by atoms with Crippen molar-refractivity contribution in [1.82, 2.24) is 4.90 Å². The highest BCUT2D eigenvalue weighted by atomic mass is 16.2. The maximum atomic E-state index is 12.6. The number of rotatable bonds is 2. The summed E-state index contributed by atoms with van der Waals surface area (Å²) in [5, 5.41) is 0. The van der Waals surface area contributed by atoms with Crippen molar-refractivity contribution in [2.45, 2.75) is 51.5 Å². The Morgan fingerprint density at radius 3 is 2.24 bits per heavy atom. The van der Waals surface area contributed by atoms with Crippen LogP contribution in [0.1, 0.15) is 61.4 Å². The maximum Gasteiger partial charge on any atom is 0.253 e. The third kappa shape index (κ3) is 2.84. The summed E-state index contributed by atoms with van der Waals surface area (Å²) in [6, 6.07) is 8.50. The summed E-state index contributed by atoms with van der Waals surface area (Å²) in [5.74, 6) is 0.690. The van der Waals surface area contributed by atoms with E-state index in [4.69, 9.17) is 5.73 Å². The van der Waals surface area contributed by atoms with Gasteiger partial charge < -0.3 is 10.6 Å². The fourth-order valence-corrected chi connectivity index (χ4v) is 3.84. The smallest absolute Gasteiger partial charge is 0.253 e. The maximum absolute atomic E-state index is 12.6. The number of nitrogens with two attached hydrogens (primary N) is 1. The minimum absolute atomic E-state index is 0.184. The molecule has 0 aromatic heterocycles. The largest absolute Gasteiger partial charge is 0.339 e. The SMILES string of the molecule is CC(C)c1ccc(C(=O)N2CCC3(CC2)CC(N)C3)cc1. The number of benzene rings is 1. The molecule has 2 aliphatic rings. The Morgan fingerprint density at radius 1 is 1.19 bits per heavy atom. The van der Waals surface area contributed by atoms with E-state index in [0.717, 1.165) is 44.3 Å². The third-order valence-corrected chi connectivity index (χ3v) is 5.33. The normalized spacial score (nSPS) is 21.6. The fraction of sp³-hybridized carbons (Fsp3) is 0.611. The Labute approximate surface area is 127 Å². The second kappa shape index (κ2) is 5.45. The van der Waals surface area contributed by atoms with Gasteiger partial charge in [0, 0.05) is 24.7 Å². The van der Waals surface area contributed by atoms with Gasteiger partial charge in [0.15, 0.2) is 0 Å². The first kappa shape index (κ1) is 14.6. The van der Waals surface area contributed by atoms with E-state index in [9.17, 15) is 4.79 Å². The van der Waals surface area contributed by atoms with Gasteiger partial charge in [0.25, 0.3) is 5.91 Å². The molecule has 1 spiro atoms. The Hall–Kier alpha value is -1.35. The number of nitrogens with zero attached hydrogens (tertiary/aromatic N) is 1. The highest BCUT2D eigenvalue weighted by Gasteiger charge is 2.44. The van der Waals surface area contributed by atoms with Gasteiger partial charge in [0.1, 0.15) is 0 Å². The number of piperidine rings is 1. The molecular formula is C18H26N2O. The van der Waals surface area contributed by atoms with Crippen molar-refractivity contribution in [1.29, 1.82) is 0 Å². The number of carbonyl (C=O) groups is 1. The first-order valence-electron chi connectivity index (χ1n) is 8.14. The van der Waals surface area contributed by atoms with Gasteiger partial charge in [-0.2, -0.15) is 0 Å². The standard InChI is InChI=1S/C18H26N2O/c1-13(2)14-3-5-15(6-4-14)17(21)20-9-7-18(8-10-20)11-16(19)12-18/h3-6,13,16H,7-12,19H2,1-2H3. The Balaban J connectivity index is 1.61. The molecule has 3 heteroatoms. The zero-order valence-corrected chi connectivity index (χ0v) is 13.1. The molecule has 3 rings (SSSR count). The molecule has 21 heavy (non-hydrogen) atoms. The Morgan fingerprint density at radius 2 is 1.76 bits per heavy atom. The lowest BCUT2D eigenvalue weighted by molar-refractivity contribution is 0.0176. The summed E-state index contributed by atoms with van der Waals surface area (Å²) >= 11 is 0. The molecule has 1 saturated heterocycles. The van der Waals surface area contributed by atoms with Crippen LogP contribution in [0, 0.1) is 5.41 Å². The number of hydrogen-bond donors (Lipinski definition) is 1. The molecule has 0 bridgehead atoms. The molecule has 2 N–H and O–H groups in total. The van der Waals surface area contributed by atoms with Gasteiger partial charge in [0.05, 0.1) is 0 Å². The summed E-state index contributed by atoms with van der Waals surface area (Å²) < 4.78 is 0. The highest BCUT2D eigenvalue weighted by molar-refractivity contribution is 5.94. The van der Waals surface area contributed by atoms with Crippen molar-refractivity contribution in [3.63, 3.8) is 0 Å². The monoisotopic (exact) mass is 286 g/mol. The summed E-state index contributed by atoms with van der Waals surface area (Å²) in [6.07, 6.45) is 4.54. The van der Waals surface area contributed by atoms with E-state index >= 15 is 0 Å². The lowest BCUT2D eigenvalue weighted by Crippen LogP contribution is -2.53. The quantitative estimate of drug-likeness (QED) is 0.907. The van der Waals surface area contributed by atoms with Crippen molar-refractivity contribution < 1.29 is 4.79 Å². The van der Waals surface area contributed by atoms with Gasteiger partial charge >= 0.3 is 0 Å². The number of amides is 1. The van der Waals surface area contributed by atoms with Gasteiger partial charge in [-0.05, 0) is 54.7 Å². The van der Waals surface area contributed by atoms with Crippen molar-refractivity contribution in [2.75, 3.05) is 13.1 Å². The van der Waals surface area contributed by atoms with Crippen molar-refractivity contribution >= 4 is 5.91 Å². The minimum atomic E-state index is 0.184. The van der Waals surface area contributed by atoms with Crippen LogP contribution in [-0.2, 0) is 0 Å². The third-order valence-electron chi connectivity index (χ3n) is 5.33. The van der Waals surface area contributed by atoms with Crippen molar-refractivity contribution in [3.8, 4) is 0 Å². The number of hydrogen-bond acceptors (Lipinski definition) is 2. The molecule has 0 unspecified atom stereocenters. The van der Waals surface area contributed by atoms with Gasteiger partial charge in [-0.25, -0.2) is 0 Å². The predicted octanol–water partition coefficient (Wildman–Crippen LogP) is 3.15. The van der Waals surface area contributed by atoms with E-state index in [2.05, 4.69) is 26.0 Å². The molecule has 1 saturated carbocycles. The van der Waals surface area contributed by atoms with Gasteiger partial charge in [-0.1, -0.05) is 26.0 Å². The zero-order valence-electron chi connectivity index (χ0n) is 13.1. The Kier molecular flexibility index (Phi) is 3.78. The topological polar surface area (TPSA) is 46.3 Å². The highest BCUT2D eigenvalue weighted by Crippen LogP contribution is 2.48.